The van der Waals surface area contributed by atoms with Crippen molar-refractivity contribution in [3.8, 4) is 73.1 Å². The first-order valence-electron chi connectivity index (χ1n) is 24.8. The van der Waals surface area contributed by atoms with E-state index in [1.165, 1.54) is 51.1 Å². The monoisotopic (exact) mass is 947 g/mol. The number of aryl methyl sites for hydroxylation is 7. The highest BCUT2D eigenvalue weighted by molar-refractivity contribution is 6.14. The molecule has 0 atom stereocenters. The lowest BCUT2D eigenvalue weighted by Gasteiger charge is -2.19. The smallest absolute Gasteiger partial charge is 0.126 e. The maximum Gasteiger partial charge on any atom is 0.126 e. The SMILES string of the molecule is Cc1ccc(-c2ccc3c(c2)c2cc(-c4ccccc4C)ccc2n3-c2cc(-c3cc(F)cc(F)c3)cc(-n3c4ccc(-c5ccc(C)cc5C)cc4c4cc(-c5ccc(C)cc5C)ccc43)c2C#N)c(C)c1. The molecule has 352 valence electrons. The average Bonchev–Trinajstić information content (AvgIpc) is 3.87. The first-order valence-corrected chi connectivity index (χ1v) is 24.8. The molecule has 0 saturated heterocycles. The average molecular weight is 948 g/mol. The molecule has 73 heavy (non-hydrogen) atoms. The van der Waals surface area contributed by atoms with Crippen molar-refractivity contribution in [1.82, 2.24) is 9.13 Å². The van der Waals surface area contributed by atoms with Crippen molar-refractivity contribution in [1.29, 1.82) is 5.26 Å². The van der Waals surface area contributed by atoms with Gasteiger partial charge in [0.1, 0.15) is 23.3 Å². The number of aromatic nitrogens is 2. The summed E-state index contributed by atoms with van der Waals surface area (Å²) in [6.07, 6.45) is 0. The van der Waals surface area contributed by atoms with Gasteiger partial charge in [-0.15, -0.1) is 0 Å². The standard InChI is InChI=1S/C68H51F2N3/c1-39-12-19-55(43(5)26-39)47-16-23-64-59(32-47)58-31-46(54-11-9-8-10-42(54)4)15-22-63(58)72(64)67-35-51(50-29-52(69)37-53(70)30-50)36-68(62(67)38-71)73-65-24-17-48(56-20-13-40(2)27-44(56)6)33-60(65)61-34-49(18-25-66(61)73)57-21-14-41(3)28-45(57)7/h8-37H,1-7H3. The van der Waals surface area contributed by atoms with Crippen LogP contribution in [0.1, 0.15) is 44.5 Å². The third-order valence-electron chi connectivity index (χ3n) is 15.0. The molecule has 0 saturated carbocycles. The molecule has 0 N–H and O–H groups in total. The quantitative estimate of drug-likeness (QED) is 0.157. The number of fused-ring (bicyclic) bond motifs is 6. The molecule has 0 bridgehead atoms. The summed E-state index contributed by atoms with van der Waals surface area (Å²) < 4.78 is 35.2. The largest absolute Gasteiger partial charge is 0.308 e. The van der Waals surface area contributed by atoms with Crippen LogP contribution >= 0.6 is 0 Å². The molecule has 3 nitrogen and oxygen atoms in total. The predicted octanol–water partition coefficient (Wildman–Crippen LogP) is 18.5. The van der Waals surface area contributed by atoms with Gasteiger partial charge in [-0.1, -0.05) is 120 Å². The Morgan fingerprint density at radius 1 is 0.329 bits per heavy atom. The minimum absolute atomic E-state index is 0.360. The summed E-state index contributed by atoms with van der Waals surface area (Å²) in [4.78, 5) is 0. The van der Waals surface area contributed by atoms with Gasteiger partial charge in [0.05, 0.1) is 33.4 Å². The van der Waals surface area contributed by atoms with Crippen molar-refractivity contribution in [2.24, 2.45) is 0 Å². The molecule has 0 aliphatic carbocycles. The number of rotatable bonds is 7. The number of halogens is 2. The van der Waals surface area contributed by atoms with Gasteiger partial charge in [0.2, 0.25) is 0 Å². The van der Waals surface area contributed by atoms with Gasteiger partial charge in [-0.25, -0.2) is 8.78 Å². The third kappa shape index (κ3) is 7.70. The molecule has 0 radical (unpaired) electrons. The number of nitriles is 1. The lowest BCUT2D eigenvalue weighted by Crippen LogP contribution is -2.05. The van der Waals surface area contributed by atoms with E-state index in [-0.39, 0.29) is 0 Å². The Labute approximate surface area is 424 Å². The van der Waals surface area contributed by atoms with Crippen LogP contribution in [0.4, 0.5) is 8.78 Å². The highest BCUT2D eigenvalue weighted by Gasteiger charge is 2.25. The Kier molecular flexibility index (Phi) is 10.8. The highest BCUT2D eigenvalue weighted by Crippen LogP contribution is 2.44. The van der Waals surface area contributed by atoms with Crippen molar-refractivity contribution < 1.29 is 8.78 Å². The van der Waals surface area contributed by atoms with E-state index in [1.54, 1.807) is 0 Å². The van der Waals surface area contributed by atoms with Gasteiger partial charge in [-0.3, -0.25) is 0 Å². The summed E-state index contributed by atoms with van der Waals surface area (Å²) in [5.41, 5.74) is 23.3. The molecule has 5 heteroatoms. The van der Waals surface area contributed by atoms with Crippen LogP contribution in [0, 0.1) is 71.4 Å². The molecule has 2 aromatic heterocycles. The summed E-state index contributed by atoms with van der Waals surface area (Å²) in [7, 11) is 0. The minimum Gasteiger partial charge on any atom is -0.308 e. The van der Waals surface area contributed by atoms with Crippen LogP contribution in [0.25, 0.3) is 111 Å². The predicted molar refractivity (Wildman–Crippen MR) is 300 cm³/mol. The lowest BCUT2D eigenvalue weighted by atomic mass is 9.95. The molecular weight excluding hydrogens is 897 g/mol. The maximum absolute atomic E-state index is 15.4. The normalized spacial score (nSPS) is 11.6. The summed E-state index contributed by atoms with van der Waals surface area (Å²) in [6, 6.07) is 64.5. The first-order chi connectivity index (χ1) is 35.3. The molecule has 0 fully saturated rings. The van der Waals surface area contributed by atoms with E-state index in [0.717, 1.165) is 94.2 Å². The molecule has 10 aromatic carbocycles. The van der Waals surface area contributed by atoms with Crippen LogP contribution in [0.15, 0.2) is 182 Å². The molecule has 0 amide bonds. The van der Waals surface area contributed by atoms with E-state index in [4.69, 9.17) is 0 Å². The summed E-state index contributed by atoms with van der Waals surface area (Å²) >= 11 is 0. The van der Waals surface area contributed by atoms with Gasteiger partial charge < -0.3 is 9.13 Å². The van der Waals surface area contributed by atoms with Crippen molar-refractivity contribution >= 4 is 43.6 Å². The molecule has 12 aromatic rings. The molecule has 0 aliphatic heterocycles. The van der Waals surface area contributed by atoms with Gasteiger partial charge >= 0.3 is 0 Å². The van der Waals surface area contributed by atoms with E-state index >= 15 is 8.78 Å². The van der Waals surface area contributed by atoms with Crippen LogP contribution in [-0.4, -0.2) is 9.13 Å². The number of hydrogen-bond donors (Lipinski definition) is 0. The van der Waals surface area contributed by atoms with Crippen molar-refractivity contribution in [2.75, 3.05) is 0 Å². The van der Waals surface area contributed by atoms with Crippen molar-refractivity contribution in [3.05, 3.63) is 238 Å². The molecule has 0 spiro atoms. The third-order valence-corrected chi connectivity index (χ3v) is 15.0. The fourth-order valence-corrected chi connectivity index (χ4v) is 11.5. The van der Waals surface area contributed by atoms with Crippen LogP contribution < -0.4 is 0 Å². The van der Waals surface area contributed by atoms with Gasteiger partial charge in [-0.05, 0) is 199 Å². The zero-order valence-electron chi connectivity index (χ0n) is 41.9. The van der Waals surface area contributed by atoms with Crippen molar-refractivity contribution in [2.45, 2.75) is 48.5 Å². The number of nitrogens with zero attached hydrogens (tertiary/aromatic N) is 3. The zero-order chi connectivity index (χ0) is 50.4. The summed E-state index contributed by atoms with van der Waals surface area (Å²) in [5.74, 6) is -1.37. The number of benzene rings is 10. The van der Waals surface area contributed by atoms with E-state index in [9.17, 15) is 5.26 Å². The van der Waals surface area contributed by atoms with Crippen LogP contribution in [0.5, 0.6) is 0 Å². The second-order valence-electron chi connectivity index (χ2n) is 20.0. The Morgan fingerprint density at radius 3 is 1.01 bits per heavy atom. The fourth-order valence-electron chi connectivity index (χ4n) is 11.5. The van der Waals surface area contributed by atoms with Gasteiger partial charge in [0.15, 0.2) is 0 Å². The first kappa shape index (κ1) is 45.3. The molecule has 2 heterocycles. The summed E-state index contributed by atoms with van der Waals surface area (Å²) in [5, 5.41) is 15.9. The Hall–Kier alpha value is -8.85. The number of hydrogen-bond acceptors (Lipinski definition) is 1. The highest BCUT2D eigenvalue weighted by atomic mass is 19.1. The van der Waals surface area contributed by atoms with E-state index in [0.29, 0.717) is 28.1 Å². The van der Waals surface area contributed by atoms with E-state index in [1.807, 2.05) is 12.1 Å². The van der Waals surface area contributed by atoms with Gasteiger partial charge in [-0.2, -0.15) is 5.26 Å². The molecular formula is C68H51F2N3. The topological polar surface area (TPSA) is 33.6 Å². The van der Waals surface area contributed by atoms with Crippen LogP contribution in [0.2, 0.25) is 0 Å². The van der Waals surface area contributed by atoms with Gasteiger partial charge in [0, 0.05) is 27.6 Å². The van der Waals surface area contributed by atoms with Crippen LogP contribution in [-0.2, 0) is 0 Å². The fraction of sp³-hybridized carbons (Fsp3) is 0.103. The van der Waals surface area contributed by atoms with Crippen molar-refractivity contribution in [3.63, 3.8) is 0 Å². The Bertz CT molecular complexity index is 4200. The maximum atomic E-state index is 15.4. The van der Waals surface area contributed by atoms with Gasteiger partial charge in [0.25, 0.3) is 0 Å². The Balaban J connectivity index is 1.19. The lowest BCUT2D eigenvalue weighted by molar-refractivity contribution is 0.584. The molecule has 0 aliphatic rings. The molecule has 12 rings (SSSR count). The summed E-state index contributed by atoms with van der Waals surface area (Å²) in [6.45, 7) is 14.9. The van der Waals surface area contributed by atoms with E-state index in [2.05, 4.69) is 215 Å². The molecule has 0 unspecified atom stereocenters. The zero-order valence-corrected chi connectivity index (χ0v) is 41.9. The second kappa shape index (κ2) is 17.5. The minimum atomic E-state index is -0.684. The Morgan fingerprint density at radius 2 is 0.671 bits per heavy atom. The second-order valence-corrected chi connectivity index (χ2v) is 20.0. The van der Waals surface area contributed by atoms with E-state index < -0.39 is 11.6 Å². The van der Waals surface area contributed by atoms with Crippen LogP contribution in [0.3, 0.4) is 0 Å².